The Labute approximate surface area is 82.3 Å². The van der Waals surface area contributed by atoms with E-state index in [0.717, 1.165) is 17.7 Å². The topological polar surface area (TPSA) is 20.7 Å². The minimum atomic E-state index is 0.702. The van der Waals surface area contributed by atoms with Gasteiger partial charge >= 0.3 is 0 Å². The first kappa shape index (κ1) is 9.61. The van der Waals surface area contributed by atoms with Crippen molar-refractivity contribution in [2.45, 2.75) is 26.3 Å². The van der Waals surface area contributed by atoms with E-state index in [-0.39, 0.29) is 0 Å². The molecule has 0 saturated heterocycles. The number of nitrogens with zero attached hydrogens (tertiary/aromatic N) is 1. The molecule has 0 aliphatic rings. The second-order valence-corrected chi connectivity index (χ2v) is 3.48. The zero-order chi connectivity index (χ0) is 8.97. The first-order valence-electron chi connectivity index (χ1n) is 4.04. The lowest BCUT2D eigenvalue weighted by Gasteiger charge is -2.03. The zero-order valence-corrected chi connectivity index (χ0v) is 8.67. The molecule has 0 atom stereocenters. The van der Waals surface area contributed by atoms with Crippen LogP contribution in [0.4, 0.5) is 0 Å². The maximum absolute atomic E-state index is 5.09. The SMILES string of the molecule is CCCCn1ccc(=S)[nH]c1=S. The second-order valence-electron chi connectivity index (χ2n) is 2.66. The smallest absolute Gasteiger partial charge is 0.178 e. The van der Waals surface area contributed by atoms with Crippen LogP contribution in [-0.2, 0) is 6.54 Å². The van der Waals surface area contributed by atoms with Crippen LogP contribution in [0.3, 0.4) is 0 Å². The Balaban J connectivity index is 2.87. The molecule has 0 unspecified atom stereocenters. The van der Waals surface area contributed by atoms with E-state index in [1.807, 2.05) is 16.8 Å². The van der Waals surface area contributed by atoms with E-state index in [2.05, 4.69) is 11.9 Å². The summed E-state index contributed by atoms with van der Waals surface area (Å²) in [4.78, 5) is 2.94. The summed E-state index contributed by atoms with van der Waals surface area (Å²) in [6.45, 7) is 3.14. The summed E-state index contributed by atoms with van der Waals surface area (Å²) < 4.78 is 3.43. The first-order chi connectivity index (χ1) is 5.74. The molecule has 1 heterocycles. The van der Waals surface area contributed by atoms with Crippen LogP contribution in [0.25, 0.3) is 0 Å². The molecule has 0 aliphatic heterocycles. The summed E-state index contributed by atoms with van der Waals surface area (Å²) in [6, 6.07) is 1.86. The van der Waals surface area contributed by atoms with Gasteiger partial charge in [0.1, 0.15) is 4.64 Å². The number of aryl methyl sites for hydroxylation is 1. The Morgan fingerprint density at radius 1 is 1.50 bits per heavy atom. The van der Waals surface area contributed by atoms with Crippen LogP contribution in [0.1, 0.15) is 19.8 Å². The molecular weight excluding hydrogens is 188 g/mol. The van der Waals surface area contributed by atoms with Gasteiger partial charge in [0.05, 0.1) is 0 Å². The van der Waals surface area contributed by atoms with Gasteiger partial charge in [0, 0.05) is 12.7 Å². The standard InChI is InChI=1S/C8H12N2S2/c1-2-3-5-10-6-4-7(11)9-8(10)12/h4,6H,2-3,5H2,1H3,(H,9,11,12). The third kappa shape index (κ3) is 2.53. The Morgan fingerprint density at radius 3 is 2.83 bits per heavy atom. The van der Waals surface area contributed by atoms with Gasteiger partial charge in [-0.1, -0.05) is 25.6 Å². The van der Waals surface area contributed by atoms with Crippen LogP contribution in [0, 0.1) is 9.41 Å². The van der Waals surface area contributed by atoms with Crippen LogP contribution in [0.2, 0.25) is 0 Å². The van der Waals surface area contributed by atoms with Gasteiger partial charge < -0.3 is 9.55 Å². The molecule has 0 aromatic carbocycles. The first-order valence-corrected chi connectivity index (χ1v) is 4.85. The molecule has 1 aromatic heterocycles. The summed E-state index contributed by atoms with van der Waals surface area (Å²) in [5, 5.41) is 0. The fourth-order valence-corrected chi connectivity index (χ4v) is 1.43. The van der Waals surface area contributed by atoms with Crippen molar-refractivity contribution in [2.75, 3.05) is 0 Å². The van der Waals surface area contributed by atoms with Crippen molar-refractivity contribution < 1.29 is 0 Å². The lowest BCUT2D eigenvalue weighted by Crippen LogP contribution is -2.01. The molecule has 0 aliphatic carbocycles. The maximum Gasteiger partial charge on any atom is 0.178 e. The van der Waals surface area contributed by atoms with Crippen molar-refractivity contribution in [2.24, 2.45) is 0 Å². The van der Waals surface area contributed by atoms with Crippen molar-refractivity contribution in [3.8, 4) is 0 Å². The molecule has 1 aromatic rings. The van der Waals surface area contributed by atoms with Crippen LogP contribution >= 0.6 is 24.4 Å². The normalized spacial score (nSPS) is 10.1. The molecule has 0 bridgehead atoms. The summed E-state index contributed by atoms with van der Waals surface area (Å²) in [5.74, 6) is 0. The third-order valence-corrected chi connectivity index (χ3v) is 2.22. The molecule has 12 heavy (non-hydrogen) atoms. The van der Waals surface area contributed by atoms with Crippen LogP contribution in [-0.4, -0.2) is 9.55 Å². The lowest BCUT2D eigenvalue weighted by molar-refractivity contribution is 0.610. The molecule has 0 amide bonds. The average Bonchev–Trinajstić information content (AvgIpc) is 2.03. The average molecular weight is 200 g/mol. The summed E-state index contributed by atoms with van der Waals surface area (Å²) in [7, 11) is 0. The van der Waals surface area contributed by atoms with E-state index in [1.54, 1.807) is 0 Å². The number of H-pyrrole nitrogens is 1. The zero-order valence-electron chi connectivity index (χ0n) is 7.04. The molecule has 1 N–H and O–H groups in total. The number of hydrogen-bond donors (Lipinski definition) is 1. The predicted octanol–water partition coefficient (Wildman–Crippen LogP) is 3.08. The molecule has 0 fully saturated rings. The Morgan fingerprint density at radius 2 is 2.25 bits per heavy atom. The number of aromatic amines is 1. The van der Waals surface area contributed by atoms with Gasteiger partial charge in [0.15, 0.2) is 4.77 Å². The van der Waals surface area contributed by atoms with Crippen molar-refractivity contribution in [3.05, 3.63) is 21.7 Å². The largest absolute Gasteiger partial charge is 0.325 e. The van der Waals surface area contributed by atoms with Crippen LogP contribution < -0.4 is 0 Å². The van der Waals surface area contributed by atoms with Gasteiger partial charge in [-0.05, 0) is 24.7 Å². The highest BCUT2D eigenvalue weighted by molar-refractivity contribution is 7.72. The highest BCUT2D eigenvalue weighted by atomic mass is 32.1. The molecule has 0 radical (unpaired) electrons. The summed E-state index contributed by atoms with van der Waals surface area (Å²) in [6.07, 6.45) is 4.27. The molecule has 66 valence electrons. The number of nitrogens with one attached hydrogen (secondary N) is 1. The van der Waals surface area contributed by atoms with Gasteiger partial charge in [-0.2, -0.15) is 0 Å². The summed E-state index contributed by atoms with van der Waals surface area (Å²) >= 11 is 10.0. The Hall–Kier alpha value is -0.480. The molecular formula is C8H12N2S2. The van der Waals surface area contributed by atoms with E-state index in [1.165, 1.54) is 6.42 Å². The number of rotatable bonds is 3. The van der Waals surface area contributed by atoms with Crippen molar-refractivity contribution in [1.82, 2.24) is 9.55 Å². The van der Waals surface area contributed by atoms with Crippen LogP contribution in [0.15, 0.2) is 12.3 Å². The minimum absolute atomic E-state index is 0.702. The van der Waals surface area contributed by atoms with E-state index in [4.69, 9.17) is 24.4 Å². The molecule has 0 saturated carbocycles. The monoisotopic (exact) mass is 200 g/mol. The van der Waals surface area contributed by atoms with E-state index < -0.39 is 0 Å². The molecule has 0 spiro atoms. The number of unbranched alkanes of at least 4 members (excludes halogenated alkanes) is 1. The lowest BCUT2D eigenvalue weighted by atomic mass is 10.3. The van der Waals surface area contributed by atoms with Gasteiger partial charge in [-0.25, -0.2) is 0 Å². The fourth-order valence-electron chi connectivity index (χ4n) is 0.949. The summed E-state index contributed by atoms with van der Waals surface area (Å²) in [5.41, 5.74) is 0. The maximum atomic E-state index is 5.09. The Kier molecular flexibility index (Phi) is 3.62. The van der Waals surface area contributed by atoms with Gasteiger partial charge in [0.25, 0.3) is 0 Å². The second kappa shape index (κ2) is 4.52. The van der Waals surface area contributed by atoms with E-state index in [0.29, 0.717) is 4.64 Å². The van der Waals surface area contributed by atoms with Gasteiger partial charge in [-0.15, -0.1) is 0 Å². The highest BCUT2D eigenvalue weighted by Gasteiger charge is 1.89. The van der Waals surface area contributed by atoms with Crippen molar-refractivity contribution in [3.63, 3.8) is 0 Å². The van der Waals surface area contributed by atoms with Crippen molar-refractivity contribution in [1.29, 1.82) is 0 Å². The fraction of sp³-hybridized carbons (Fsp3) is 0.500. The van der Waals surface area contributed by atoms with Crippen molar-refractivity contribution >= 4 is 24.4 Å². The molecule has 4 heteroatoms. The van der Waals surface area contributed by atoms with E-state index >= 15 is 0 Å². The predicted molar refractivity (Wildman–Crippen MR) is 55.4 cm³/mol. The highest BCUT2D eigenvalue weighted by Crippen LogP contribution is 1.96. The van der Waals surface area contributed by atoms with Gasteiger partial charge in [-0.3, -0.25) is 0 Å². The number of aromatic nitrogens is 2. The van der Waals surface area contributed by atoms with Gasteiger partial charge in [0.2, 0.25) is 0 Å². The van der Waals surface area contributed by atoms with Crippen LogP contribution in [0.5, 0.6) is 0 Å². The Bertz CT molecular complexity index is 351. The quantitative estimate of drug-likeness (QED) is 0.757. The van der Waals surface area contributed by atoms with E-state index in [9.17, 15) is 0 Å². The number of hydrogen-bond acceptors (Lipinski definition) is 2. The molecule has 1 rings (SSSR count). The molecule has 2 nitrogen and oxygen atoms in total. The minimum Gasteiger partial charge on any atom is -0.325 e. The third-order valence-electron chi connectivity index (χ3n) is 1.65.